The van der Waals surface area contributed by atoms with E-state index in [1.807, 2.05) is 0 Å². The molecule has 6 nitrogen and oxygen atoms in total. The number of nitrogens with zero attached hydrogens (tertiary/aromatic N) is 2. The predicted octanol–water partition coefficient (Wildman–Crippen LogP) is 3.92. The number of nitriles is 1. The monoisotopic (exact) mass is 449 g/mol. The van der Waals surface area contributed by atoms with Crippen molar-refractivity contribution in [1.29, 1.82) is 5.26 Å². The number of carbonyl (C=O) groups is 1. The van der Waals surface area contributed by atoms with E-state index in [1.165, 1.54) is 35.4 Å². The Hall–Kier alpha value is -2.28. The summed E-state index contributed by atoms with van der Waals surface area (Å²) in [6, 6.07) is 6.86. The molecule has 1 heterocycles. The first-order valence-corrected chi connectivity index (χ1v) is 12.0. The van der Waals surface area contributed by atoms with Gasteiger partial charge in [-0.3, -0.25) is 4.79 Å². The van der Waals surface area contributed by atoms with Crippen LogP contribution in [0.1, 0.15) is 42.2 Å². The molecular formula is C21H24FN3O3S2. The second kappa shape index (κ2) is 9.25. The topological polar surface area (TPSA) is 90.3 Å². The summed E-state index contributed by atoms with van der Waals surface area (Å²) in [4.78, 5) is 13.6. The predicted molar refractivity (Wildman–Crippen MR) is 114 cm³/mol. The van der Waals surface area contributed by atoms with Gasteiger partial charge in [0, 0.05) is 24.9 Å². The van der Waals surface area contributed by atoms with Crippen LogP contribution < -0.4 is 5.32 Å². The molecule has 1 unspecified atom stereocenters. The number of halogens is 1. The summed E-state index contributed by atoms with van der Waals surface area (Å²) < 4.78 is 39.2. The average Bonchev–Trinajstić information content (AvgIpc) is 3.03. The smallest absolute Gasteiger partial charge is 0.242 e. The summed E-state index contributed by atoms with van der Waals surface area (Å²) >= 11 is 1.47. The van der Waals surface area contributed by atoms with E-state index in [0.29, 0.717) is 22.9 Å². The van der Waals surface area contributed by atoms with E-state index in [2.05, 4.69) is 18.3 Å². The lowest BCUT2D eigenvalue weighted by Crippen LogP contribution is -2.28. The van der Waals surface area contributed by atoms with Crippen LogP contribution in [0.2, 0.25) is 0 Å². The van der Waals surface area contributed by atoms with E-state index >= 15 is 0 Å². The van der Waals surface area contributed by atoms with Crippen molar-refractivity contribution in [1.82, 2.24) is 4.31 Å². The van der Waals surface area contributed by atoms with Gasteiger partial charge in [0.05, 0.1) is 10.5 Å². The highest BCUT2D eigenvalue weighted by atomic mass is 32.2. The maximum absolute atomic E-state index is 13.0. The molecule has 1 amide bonds. The minimum Gasteiger partial charge on any atom is -0.317 e. The van der Waals surface area contributed by atoms with Crippen LogP contribution in [0.5, 0.6) is 0 Å². The Labute approximate surface area is 180 Å². The Bertz CT molecular complexity index is 1070. The molecule has 0 bridgehead atoms. The normalized spacial score (nSPS) is 16.2. The van der Waals surface area contributed by atoms with Gasteiger partial charge in [0.15, 0.2) is 0 Å². The molecule has 1 aliphatic carbocycles. The van der Waals surface area contributed by atoms with Gasteiger partial charge in [-0.2, -0.15) is 5.26 Å². The summed E-state index contributed by atoms with van der Waals surface area (Å²) in [7, 11) is -2.31. The van der Waals surface area contributed by atoms with Gasteiger partial charge in [-0.15, -0.1) is 11.3 Å². The van der Waals surface area contributed by atoms with Crippen LogP contribution in [-0.2, 0) is 27.7 Å². The largest absolute Gasteiger partial charge is 0.317 e. The maximum atomic E-state index is 13.0. The van der Waals surface area contributed by atoms with E-state index in [4.69, 9.17) is 0 Å². The number of amides is 1. The SMILES string of the molecule is CC1CCc2c(sc(NC(=O)CCCN(C)S(=O)(=O)c3ccc(F)cc3)c2C#N)C1. The number of hydrogen-bond donors (Lipinski definition) is 1. The van der Waals surface area contributed by atoms with Crippen molar-refractivity contribution in [3.63, 3.8) is 0 Å². The molecule has 3 rings (SSSR count). The zero-order valence-electron chi connectivity index (χ0n) is 16.9. The van der Waals surface area contributed by atoms with E-state index in [-0.39, 0.29) is 23.8 Å². The van der Waals surface area contributed by atoms with Crippen molar-refractivity contribution in [3.05, 3.63) is 46.1 Å². The third-order valence-corrected chi connectivity index (χ3v) is 8.32. The first-order valence-electron chi connectivity index (χ1n) is 9.78. The zero-order chi connectivity index (χ0) is 21.9. The number of carbonyl (C=O) groups excluding carboxylic acids is 1. The number of sulfonamides is 1. The third kappa shape index (κ3) is 4.89. The molecule has 0 aliphatic heterocycles. The standard InChI is InChI=1S/C21H24FN3O3S2/c1-14-5-10-17-18(13-23)21(29-19(17)12-14)24-20(26)4-3-11-25(2)30(27,28)16-8-6-15(22)7-9-16/h6-9,14H,3-5,10-12H2,1-2H3,(H,24,26). The van der Waals surface area contributed by atoms with Crippen LogP contribution in [0.4, 0.5) is 9.39 Å². The van der Waals surface area contributed by atoms with E-state index < -0.39 is 15.8 Å². The minimum atomic E-state index is -3.74. The Morgan fingerprint density at radius 2 is 2.07 bits per heavy atom. The van der Waals surface area contributed by atoms with Crippen LogP contribution >= 0.6 is 11.3 Å². The highest BCUT2D eigenvalue weighted by Gasteiger charge is 2.25. The van der Waals surface area contributed by atoms with E-state index in [1.54, 1.807) is 0 Å². The number of nitrogens with one attached hydrogen (secondary N) is 1. The van der Waals surface area contributed by atoms with Crippen molar-refractivity contribution in [2.24, 2.45) is 5.92 Å². The number of fused-ring (bicyclic) bond motifs is 1. The molecule has 0 fully saturated rings. The molecular weight excluding hydrogens is 425 g/mol. The highest BCUT2D eigenvalue weighted by molar-refractivity contribution is 7.89. The average molecular weight is 450 g/mol. The van der Waals surface area contributed by atoms with Crippen LogP contribution in [0.25, 0.3) is 0 Å². The summed E-state index contributed by atoms with van der Waals surface area (Å²) in [5, 5.41) is 12.9. The molecule has 1 atom stereocenters. The summed E-state index contributed by atoms with van der Waals surface area (Å²) in [5.74, 6) is -0.176. The number of anilines is 1. The molecule has 1 aliphatic rings. The lowest BCUT2D eigenvalue weighted by atomic mass is 9.88. The number of thiophene rings is 1. The number of rotatable bonds is 7. The second-order valence-electron chi connectivity index (χ2n) is 7.60. The molecule has 1 aromatic carbocycles. The van der Waals surface area contributed by atoms with Crippen LogP contribution in [0.3, 0.4) is 0 Å². The molecule has 160 valence electrons. The van der Waals surface area contributed by atoms with E-state index in [0.717, 1.165) is 41.3 Å². The molecule has 1 aromatic heterocycles. The third-order valence-electron chi connectivity index (χ3n) is 5.28. The van der Waals surface area contributed by atoms with Gasteiger partial charge in [0.25, 0.3) is 0 Å². The quantitative estimate of drug-likeness (QED) is 0.694. The van der Waals surface area contributed by atoms with Gasteiger partial charge in [-0.05, 0) is 61.4 Å². The van der Waals surface area contributed by atoms with Crippen molar-refractivity contribution in [2.45, 2.75) is 43.9 Å². The lowest BCUT2D eigenvalue weighted by Gasteiger charge is -2.17. The molecule has 0 radical (unpaired) electrons. The van der Waals surface area contributed by atoms with Crippen molar-refractivity contribution < 1.29 is 17.6 Å². The van der Waals surface area contributed by atoms with Gasteiger partial charge < -0.3 is 5.32 Å². The molecule has 30 heavy (non-hydrogen) atoms. The molecule has 1 N–H and O–H groups in total. The van der Waals surface area contributed by atoms with Gasteiger partial charge in [-0.25, -0.2) is 17.1 Å². The highest BCUT2D eigenvalue weighted by Crippen LogP contribution is 2.39. The Kier molecular flexibility index (Phi) is 6.91. The summed E-state index contributed by atoms with van der Waals surface area (Å²) in [6.45, 7) is 2.33. The molecule has 0 saturated carbocycles. The summed E-state index contributed by atoms with van der Waals surface area (Å²) in [6.07, 6.45) is 3.29. The van der Waals surface area contributed by atoms with E-state index in [9.17, 15) is 22.9 Å². The fourth-order valence-electron chi connectivity index (χ4n) is 3.52. The fraction of sp³-hybridized carbons (Fsp3) is 0.429. The van der Waals surface area contributed by atoms with Gasteiger partial charge in [-0.1, -0.05) is 6.92 Å². The zero-order valence-corrected chi connectivity index (χ0v) is 18.6. The van der Waals surface area contributed by atoms with Crippen LogP contribution in [0.15, 0.2) is 29.2 Å². The van der Waals surface area contributed by atoms with Crippen LogP contribution in [0, 0.1) is 23.1 Å². The first kappa shape index (κ1) is 22.4. The molecule has 9 heteroatoms. The van der Waals surface area contributed by atoms with Crippen LogP contribution in [-0.4, -0.2) is 32.2 Å². The Balaban J connectivity index is 1.57. The Morgan fingerprint density at radius 1 is 1.37 bits per heavy atom. The van der Waals surface area contributed by atoms with Gasteiger partial charge >= 0.3 is 0 Å². The van der Waals surface area contributed by atoms with Crippen molar-refractivity contribution >= 4 is 32.3 Å². The maximum Gasteiger partial charge on any atom is 0.242 e. The first-order chi connectivity index (χ1) is 14.2. The fourth-order valence-corrected chi connectivity index (χ4v) is 6.10. The minimum absolute atomic E-state index is 0.00732. The lowest BCUT2D eigenvalue weighted by molar-refractivity contribution is -0.116. The van der Waals surface area contributed by atoms with Crippen molar-refractivity contribution in [2.75, 3.05) is 18.9 Å². The number of hydrogen-bond acceptors (Lipinski definition) is 5. The van der Waals surface area contributed by atoms with Gasteiger partial charge in [0.2, 0.25) is 15.9 Å². The molecule has 0 spiro atoms. The molecule has 0 saturated heterocycles. The summed E-state index contributed by atoms with van der Waals surface area (Å²) in [5.41, 5.74) is 1.62. The second-order valence-corrected chi connectivity index (χ2v) is 10.7. The Morgan fingerprint density at radius 3 is 2.73 bits per heavy atom. The number of benzene rings is 1. The molecule has 2 aromatic rings. The van der Waals surface area contributed by atoms with Crippen molar-refractivity contribution in [3.8, 4) is 6.07 Å². The van der Waals surface area contributed by atoms with Gasteiger partial charge in [0.1, 0.15) is 16.9 Å².